The van der Waals surface area contributed by atoms with Crippen molar-refractivity contribution < 1.29 is 9.47 Å². The van der Waals surface area contributed by atoms with Gasteiger partial charge in [-0.05, 0) is 40.2 Å². The Hall–Kier alpha value is -0.120. The van der Waals surface area contributed by atoms with E-state index in [2.05, 4.69) is 19.2 Å². The van der Waals surface area contributed by atoms with Crippen LogP contribution < -0.4 is 5.32 Å². The zero-order chi connectivity index (χ0) is 10.9. The van der Waals surface area contributed by atoms with E-state index in [0.717, 1.165) is 13.2 Å². The summed E-state index contributed by atoms with van der Waals surface area (Å²) in [6.07, 6.45) is 4.56. The van der Waals surface area contributed by atoms with Crippen molar-refractivity contribution in [3.05, 3.63) is 0 Å². The fraction of sp³-hybridized carbons (Fsp3) is 1.00. The lowest BCUT2D eigenvalue weighted by Gasteiger charge is -2.29. The molecule has 1 N–H and O–H groups in total. The minimum absolute atomic E-state index is 0.282. The fourth-order valence-electron chi connectivity index (χ4n) is 2.58. The molecule has 2 aliphatic rings. The highest BCUT2D eigenvalue weighted by Gasteiger charge is 2.46. The highest BCUT2D eigenvalue weighted by Crippen LogP contribution is 2.46. The standard InChI is InChI=1S/C12H23NO2/c1-9(13-3)10(2)14-7-12-5-4-11(6-12)15-8-12/h9-11,13H,4-8H2,1-3H3. The van der Waals surface area contributed by atoms with E-state index >= 15 is 0 Å². The summed E-state index contributed by atoms with van der Waals surface area (Å²) < 4.78 is 11.6. The summed E-state index contributed by atoms with van der Waals surface area (Å²) in [4.78, 5) is 0. The normalized spacial score (nSPS) is 38.2. The summed E-state index contributed by atoms with van der Waals surface area (Å²) in [6.45, 7) is 6.08. The molecule has 1 heterocycles. The second kappa shape index (κ2) is 4.40. The largest absolute Gasteiger partial charge is 0.378 e. The molecular formula is C12H23NO2. The summed E-state index contributed by atoms with van der Waals surface area (Å²) >= 11 is 0. The van der Waals surface area contributed by atoms with Crippen LogP contribution in [0.4, 0.5) is 0 Å². The lowest BCUT2D eigenvalue weighted by Crippen LogP contribution is -2.37. The number of hydrogen-bond donors (Lipinski definition) is 1. The molecule has 0 aromatic heterocycles. The predicted molar refractivity (Wildman–Crippen MR) is 60.0 cm³/mol. The van der Waals surface area contributed by atoms with Gasteiger partial charge in [-0.15, -0.1) is 0 Å². The maximum atomic E-state index is 5.96. The average molecular weight is 213 g/mol. The van der Waals surface area contributed by atoms with Crippen molar-refractivity contribution in [2.24, 2.45) is 5.41 Å². The van der Waals surface area contributed by atoms with Gasteiger partial charge in [0, 0.05) is 11.5 Å². The van der Waals surface area contributed by atoms with Crippen molar-refractivity contribution in [3.63, 3.8) is 0 Å². The van der Waals surface area contributed by atoms with Gasteiger partial charge in [0.1, 0.15) is 0 Å². The third-order valence-electron chi connectivity index (χ3n) is 4.09. The minimum atomic E-state index is 0.282. The molecule has 4 unspecified atom stereocenters. The van der Waals surface area contributed by atoms with Gasteiger partial charge in [0.05, 0.1) is 25.4 Å². The molecule has 4 atom stereocenters. The molecular weight excluding hydrogens is 190 g/mol. The summed E-state index contributed by atoms with van der Waals surface area (Å²) in [5.74, 6) is 0. The summed E-state index contributed by atoms with van der Waals surface area (Å²) in [5, 5.41) is 3.22. The average Bonchev–Trinajstić information content (AvgIpc) is 2.85. The Balaban J connectivity index is 1.78. The lowest BCUT2D eigenvalue weighted by molar-refractivity contribution is -0.0335. The van der Waals surface area contributed by atoms with Crippen LogP contribution in [0.3, 0.4) is 0 Å². The van der Waals surface area contributed by atoms with Crippen molar-refractivity contribution in [1.82, 2.24) is 5.32 Å². The molecule has 0 aromatic rings. The Morgan fingerprint density at radius 1 is 1.53 bits per heavy atom. The molecule has 88 valence electrons. The molecule has 2 bridgehead atoms. The van der Waals surface area contributed by atoms with E-state index in [-0.39, 0.29) is 6.10 Å². The van der Waals surface area contributed by atoms with E-state index in [9.17, 15) is 0 Å². The number of ether oxygens (including phenoxy) is 2. The Bertz CT molecular complexity index is 212. The van der Waals surface area contributed by atoms with Gasteiger partial charge in [-0.1, -0.05) is 0 Å². The first-order valence-electron chi connectivity index (χ1n) is 6.06. The van der Waals surface area contributed by atoms with Gasteiger partial charge in [0.2, 0.25) is 0 Å². The molecule has 2 rings (SSSR count). The molecule has 0 aromatic carbocycles. The van der Waals surface area contributed by atoms with Gasteiger partial charge in [-0.25, -0.2) is 0 Å². The van der Waals surface area contributed by atoms with Crippen molar-refractivity contribution in [2.45, 2.75) is 51.4 Å². The zero-order valence-electron chi connectivity index (χ0n) is 10.1. The number of fused-ring (bicyclic) bond motifs is 2. The molecule has 0 radical (unpaired) electrons. The number of rotatable bonds is 5. The Labute approximate surface area is 92.5 Å². The molecule has 0 spiro atoms. The molecule has 1 aliphatic heterocycles. The van der Waals surface area contributed by atoms with Crippen molar-refractivity contribution in [3.8, 4) is 0 Å². The van der Waals surface area contributed by atoms with Gasteiger partial charge in [0.15, 0.2) is 0 Å². The van der Waals surface area contributed by atoms with Crippen LogP contribution in [0.2, 0.25) is 0 Å². The van der Waals surface area contributed by atoms with Crippen LogP contribution in [0.15, 0.2) is 0 Å². The van der Waals surface area contributed by atoms with Gasteiger partial charge in [-0.3, -0.25) is 0 Å². The zero-order valence-corrected chi connectivity index (χ0v) is 10.1. The molecule has 1 aliphatic carbocycles. The molecule has 1 saturated heterocycles. The second-order valence-corrected chi connectivity index (χ2v) is 5.27. The van der Waals surface area contributed by atoms with E-state index < -0.39 is 0 Å². The van der Waals surface area contributed by atoms with E-state index in [0.29, 0.717) is 17.6 Å². The van der Waals surface area contributed by atoms with Crippen LogP contribution in [0.5, 0.6) is 0 Å². The second-order valence-electron chi connectivity index (χ2n) is 5.27. The number of nitrogens with one attached hydrogen (secondary N) is 1. The summed E-state index contributed by atoms with van der Waals surface area (Å²) in [7, 11) is 1.98. The van der Waals surface area contributed by atoms with Crippen LogP contribution in [0.25, 0.3) is 0 Å². The van der Waals surface area contributed by atoms with Crippen molar-refractivity contribution >= 4 is 0 Å². The molecule has 2 fully saturated rings. The quantitative estimate of drug-likeness (QED) is 0.752. The lowest BCUT2D eigenvalue weighted by atomic mass is 9.89. The van der Waals surface area contributed by atoms with E-state index in [1.807, 2.05) is 7.05 Å². The molecule has 15 heavy (non-hydrogen) atoms. The number of likely N-dealkylation sites (N-methyl/N-ethyl adjacent to an activating group) is 1. The fourth-order valence-corrected chi connectivity index (χ4v) is 2.58. The van der Waals surface area contributed by atoms with Crippen LogP contribution in [-0.4, -0.2) is 38.5 Å². The van der Waals surface area contributed by atoms with E-state index in [1.54, 1.807) is 0 Å². The van der Waals surface area contributed by atoms with Gasteiger partial charge >= 0.3 is 0 Å². The Morgan fingerprint density at radius 2 is 2.33 bits per heavy atom. The molecule has 3 heteroatoms. The first kappa shape index (κ1) is 11.4. The maximum absolute atomic E-state index is 5.96. The highest BCUT2D eigenvalue weighted by molar-refractivity contribution is 4.95. The molecule has 0 amide bonds. The SMILES string of the molecule is CNC(C)C(C)OCC12CCC(C1)OC2. The van der Waals surface area contributed by atoms with Gasteiger partial charge < -0.3 is 14.8 Å². The summed E-state index contributed by atoms with van der Waals surface area (Å²) in [5.41, 5.74) is 0.354. The monoisotopic (exact) mass is 213 g/mol. The molecule has 1 saturated carbocycles. The van der Waals surface area contributed by atoms with E-state index in [4.69, 9.17) is 9.47 Å². The maximum Gasteiger partial charge on any atom is 0.0697 e. The van der Waals surface area contributed by atoms with Crippen molar-refractivity contribution in [2.75, 3.05) is 20.3 Å². The Kier molecular flexibility index (Phi) is 3.33. The van der Waals surface area contributed by atoms with Crippen LogP contribution in [-0.2, 0) is 9.47 Å². The molecule has 3 nitrogen and oxygen atoms in total. The van der Waals surface area contributed by atoms with Crippen LogP contribution >= 0.6 is 0 Å². The third-order valence-corrected chi connectivity index (χ3v) is 4.09. The number of hydrogen-bond acceptors (Lipinski definition) is 3. The minimum Gasteiger partial charge on any atom is -0.378 e. The van der Waals surface area contributed by atoms with Crippen LogP contribution in [0, 0.1) is 5.41 Å². The smallest absolute Gasteiger partial charge is 0.0697 e. The summed E-state index contributed by atoms with van der Waals surface area (Å²) in [6, 6.07) is 0.418. The Morgan fingerprint density at radius 3 is 2.80 bits per heavy atom. The predicted octanol–water partition coefficient (Wildman–Crippen LogP) is 1.57. The third kappa shape index (κ3) is 2.35. The van der Waals surface area contributed by atoms with Gasteiger partial charge in [-0.2, -0.15) is 0 Å². The highest BCUT2D eigenvalue weighted by atomic mass is 16.5. The topological polar surface area (TPSA) is 30.5 Å². The first-order valence-corrected chi connectivity index (χ1v) is 6.06. The van der Waals surface area contributed by atoms with Crippen LogP contribution in [0.1, 0.15) is 33.1 Å². The first-order chi connectivity index (χ1) is 7.15. The van der Waals surface area contributed by atoms with E-state index in [1.165, 1.54) is 19.3 Å². The van der Waals surface area contributed by atoms with Gasteiger partial charge in [0.25, 0.3) is 0 Å². The van der Waals surface area contributed by atoms with Crippen molar-refractivity contribution in [1.29, 1.82) is 0 Å².